The fraction of sp³-hybridized carbons (Fsp3) is 0.316. The fourth-order valence-electron chi connectivity index (χ4n) is 3.51. The molecule has 158 valence electrons. The van der Waals surface area contributed by atoms with Crippen LogP contribution >= 0.6 is 11.7 Å². The number of benzene rings is 2. The number of hydrogen-bond donors (Lipinski definition) is 1. The van der Waals surface area contributed by atoms with Gasteiger partial charge in [0.05, 0.1) is 25.9 Å². The number of sulfonamides is 1. The van der Waals surface area contributed by atoms with Crippen molar-refractivity contribution in [2.24, 2.45) is 0 Å². The summed E-state index contributed by atoms with van der Waals surface area (Å²) in [7, 11) is -0.893. The van der Waals surface area contributed by atoms with E-state index in [2.05, 4.69) is 14.1 Å². The molecule has 1 aliphatic heterocycles. The lowest BCUT2D eigenvalue weighted by Gasteiger charge is -2.23. The van der Waals surface area contributed by atoms with Gasteiger partial charge in [0.2, 0.25) is 15.9 Å². The molecule has 0 aliphatic carbocycles. The molecular formula is C19H20N4O5S2. The highest BCUT2D eigenvalue weighted by Gasteiger charge is 2.40. The molecule has 11 heteroatoms. The predicted molar refractivity (Wildman–Crippen MR) is 113 cm³/mol. The number of amides is 1. The number of carbonyl (C=O) groups excluding carboxylic acids is 1. The van der Waals surface area contributed by atoms with Crippen LogP contribution in [0.2, 0.25) is 0 Å². The van der Waals surface area contributed by atoms with Crippen molar-refractivity contribution in [3.63, 3.8) is 0 Å². The normalized spacial score (nSPS) is 17.2. The van der Waals surface area contributed by atoms with Crippen molar-refractivity contribution in [2.45, 2.75) is 23.8 Å². The maximum Gasteiger partial charge on any atom is 0.246 e. The van der Waals surface area contributed by atoms with E-state index in [1.807, 2.05) is 0 Å². The molecule has 0 spiro atoms. The molecule has 1 atom stereocenters. The standard InChI is InChI=1S/C19H20N4O5S2/c1-27-13-9-12(10-14(11-13)28-2)20-19(24)16-6-4-8-23(16)30(25,26)17-7-3-5-15-18(17)22-29-21-15/h3,5,7,9-11,16H,4,6,8H2,1-2H3,(H,20,24)/t16-/m1/s1. The lowest BCUT2D eigenvalue weighted by atomic mass is 10.2. The molecule has 0 unspecified atom stereocenters. The Kier molecular flexibility index (Phi) is 5.58. The van der Waals surface area contributed by atoms with Crippen LogP contribution in [-0.2, 0) is 14.8 Å². The quantitative estimate of drug-likeness (QED) is 0.617. The molecule has 1 amide bonds. The number of fused-ring (bicyclic) bond motifs is 1. The Morgan fingerprint density at radius 3 is 2.60 bits per heavy atom. The second kappa shape index (κ2) is 8.17. The van der Waals surface area contributed by atoms with Crippen LogP contribution in [0.25, 0.3) is 11.0 Å². The van der Waals surface area contributed by atoms with Crippen molar-refractivity contribution in [1.29, 1.82) is 0 Å². The first kappa shape index (κ1) is 20.5. The minimum absolute atomic E-state index is 0.0662. The van der Waals surface area contributed by atoms with E-state index in [0.29, 0.717) is 41.1 Å². The van der Waals surface area contributed by atoms with Gasteiger partial charge < -0.3 is 14.8 Å². The summed E-state index contributed by atoms with van der Waals surface area (Å²) < 4.78 is 46.6. The van der Waals surface area contributed by atoms with Gasteiger partial charge in [0, 0.05) is 30.4 Å². The Labute approximate surface area is 178 Å². The summed E-state index contributed by atoms with van der Waals surface area (Å²) in [4.78, 5) is 13.1. The van der Waals surface area contributed by atoms with Crippen molar-refractivity contribution >= 4 is 44.4 Å². The fourth-order valence-corrected chi connectivity index (χ4v) is 5.92. The van der Waals surface area contributed by atoms with Crippen molar-refractivity contribution in [3.8, 4) is 11.5 Å². The number of aromatic nitrogens is 2. The number of nitrogens with one attached hydrogen (secondary N) is 1. The predicted octanol–water partition coefficient (Wildman–Crippen LogP) is 2.50. The molecular weight excluding hydrogens is 428 g/mol. The van der Waals surface area contributed by atoms with Gasteiger partial charge in [-0.3, -0.25) is 4.79 Å². The van der Waals surface area contributed by atoms with E-state index in [1.165, 1.54) is 24.6 Å². The molecule has 2 heterocycles. The zero-order valence-corrected chi connectivity index (χ0v) is 18.0. The Hall–Kier alpha value is -2.76. The van der Waals surface area contributed by atoms with E-state index in [1.54, 1.807) is 30.3 Å². The van der Waals surface area contributed by atoms with Gasteiger partial charge in [0.1, 0.15) is 33.5 Å². The molecule has 0 bridgehead atoms. The first-order valence-electron chi connectivity index (χ1n) is 9.21. The van der Waals surface area contributed by atoms with Crippen molar-refractivity contribution in [1.82, 2.24) is 13.1 Å². The van der Waals surface area contributed by atoms with Crippen molar-refractivity contribution < 1.29 is 22.7 Å². The molecule has 1 aliphatic rings. The molecule has 0 radical (unpaired) electrons. The van der Waals surface area contributed by atoms with Crippen LogP contribution in [0.4, 0.5) is 5.69 Å². The van der Waals surface area contributed by atoms with Gasteiger partial charge in [0.25, 0.3) is 0 Å². The smallest absolute Gasteiger partial charge is 0.246 e. The monoisotopic (exact) mass is 448 g/mol. The number of nitrogens with zero attached hydrogens (tertiary/aromatic N) is 3. The van der Waals surface area contributed by atoms with Gasteiger partial charge in [-0.15, -0.1) is 0 Å². The molecule has 30 heavy (non-hydrogen) atoms. The van der Waals surface area contributed by atoms with Crippen LogP contribution in [0.3, 0.4) is 0 Å². The third-order valence-electron chi connectivity index (χ3n) is 4.96. The number of carbonyl (C=O) groups is 1. The Bertz CT molecular complexity index is 1170. The van der Waals surface area contributed by atoms with Crippen LogP contribution < -0.4 is 14.8 Å². The molecule has 9 nitrogen and oxygen atoms in total. The van der Waals surface area contributed by atoms with E-state index < -0.39 is 22.0 Å². The van der Waals surface area contributed by atoms with E-state index in [9.17, 15) is 13.2 Å². The zero-order chi connectivity index (χ0) is 21.3. The third kappa shape index (κ3) is 3.71. The lowest BCUT2D eigenvalue weighted by molar-refractivity contribution is -0.119. The SMILES string of the molecule is COc1cc(NC(=O)[C@H]2CCCN2S(=O)(=O)c2cccc3nsnc23)cc(OC)c1. The van der Waals surface area contributed by atoms with Crippen LogP contribution in [0.15, 0.2) is 41.3 Å². The second-order valence-electron chi connectivity index (χ2n) is 6.75. The minimum atomic E-state index is -3.92. The van der Waals surface area contributed by atoms with Crippen LogP contribution in [-0.4, -0.2) is 54.2 Å². The molecule has 2 aromatic carbocycles. The maximum atomic E-state index is 13.4. The summed E-state index contributed by atoms with van der Waals surface area (Å²) in [5.74, 6) is 0.626. The number of ether oxygens (including phenoxy) is 2. The number of hydrogen-bond acceptors (Lipinski definition) is 8. The second-order valence-corrected chi connectivity index (χ2v) is 9.14. The maximum absolute atomic E-state index is 13.4. The zero-order valence-electron chi connectivity index (χ0n) is 16.4. The van der Waals surface area contributed by atoms with Gasteiger partial charge >= 0.3 is 0 Å². The van der Waals surface area contributed by atoms with Gasteiger partial charge in [-0.25, -0.2) is 8.42 Å². The van der Waals surface area contributed by atoms with Gasteiger partial charge in [-0.1, -0.05) is 6.07 Å². The first-order valence-corrected chi connectivity index (χ1v) is 11.4. The van der Waals surface area contributed by atoms with Crippen molar-refractivity contribution in [3.05, 3.63) is 36.4 Å². The summed E-state index contributed by atoms with van der Waals surface area (Å²) >= 11 is 0.956. The first-order chi connectivity index (χ1) is 14.4. The highest BCUT2D eigenvalue weighted by Crippen LogP contribution is 2.31. The van der Waals surface area contributed by atoms with Gasteiger partial charge in [-0.2, -0.15) is 13.1 Å². The Morgan fingerprint density at radius 2 is 1.90 bits per heavy atom. The summed E-state index contributed by atoms with van der Waals surface area (Å²) in [6.07, 6.45) is 1.02. The van der Waals surface area contributed by atoms with E-state index in [-0.39, 0.29) is 11.4 Å². The van der Waals surface area contributed by atoms with Crippen LogP contribution in [0, 0.1) is 0 Å². The Morgan fingerprint density at radius 1 is 1.17 bits per heavy atom. The summed E-state index contributed by atoms with van der Waals surface area (Å²) in [6.45, 7) is 0.260. The van der Waals surface area contributed by atoms with Crippen molar-refractivity contribution in [2.75, 3.05) is 26.1 Å². The highest BCUT2D eigenvalue weighted by atomic mass is 32.2. The van der Waals surface area contributed by atoms with E-state index in [4.69, 9.17) is 9.47 Å². The number of anilines is 1. The summed E-state index contributed by atoms with van der Waals surface area (Å²) in [6, 6.07) is 9.00. The topological polar surface area (TPSA) is 111 Å². The largest absolute Gasteiger partial charge is 0.497 e. The van der Waals surface area contributed by atoms with Gasteiger partial charge in [0.15, 0.2) is 0 Å². The molecule has 3 aromatic rings. The number of methoxy groups -OCH3 is 2. The van der Waals surface area contributed by atoms with Gasteiger partial charge in [-0.05, 0) is 25.0 Å². The third-order valence-corrected chi connectivity index (χ3v) is 7.44. The van der Waals surface area contributed by atoms with E-state index >= 15 is 0 Å². The van der Waals surface area contributed by atoms with Crippen LogP contribution in [0.1, 0.15) is 12.8 Å². The molecule has 1 N–H and O–H groups in total. The number of rotatable bonds is 6. The van der Waals surface area contributed by atoms with Crippen LogP contribution in [0.5, 0.6) is 11.5 Å². The molecule has 1 fully saturated rings. The Balaban J connectivity index is 1.62. The summed E-state index contributed by atoms with van der Waals surface area (Å²) in [5.41, 5.74) is 1.31. The lowest BCUT2D eigenvalue weighted by Crippen LogP contribution is -2.43. The molecule has 0 saturated carbocycles. The molecule has 1 aromatic heterocycles. The average Bonchev–Trinajstić information content (AvgIpc) is 3.42. The highest BCUT2D eigenvalue weighted by molar-refractivity contribution is 7.89. The van der Waals surface area contributed by atoms with E-state index in [0.717, 1.165) is 11.7 Å². The average molecular weight is 449 g/mol. The molecule has 1 saturated heterocycles. The molecule has 4 rings (SSSR count). The minimum Gasteiger partial charge on any atom is -0.497 e. The summed E-state index contributed by atoms with van der Waals surface area (Å²) in [5, 5.41) is 2.79.